The third-order valence-corrected chi connectivity index (χ3v) is 4.88. The van der Waals surface area contributed by atoms with Crippen LogP contribution in [0.15, 0.2) is 34.1 Å². The summed E-state index contributed by atoms with van der Waals surface area (Å²) >= 11 is 4.93. The van der Waals surface area contributed by atoms with Crippen LogP contribution in [0.1, 0.15) is 22.0 Å². The van der Waals surface area contributed by atoms with Crippen LogP contribution in [0, 0.1) is 6.92 Å². The maximum Gasteiger partial charge on any atom is 0.573 e. The lowest BCUT2D eigenvalue weighted by molar-refractivity contribution is -0.274. The highest BCUT2D eigenvalue weighted by atomic mass is 79.9. The van der Waals surface area contributed by atoms with Gasteiger partial charge in [-0.3, -0.25) is 0 Å². The third kappa shape index (κ3) is 4.88. The van der Waals surface area contributed by atoms with Gasteiger partial charge in [0.25, 0.3) is 0 Å². The predicted molar refractivity (Wildman–Crippen MR) is 83.2 cm³/mol. The van der Waals surface area contributed by atoms with Gasteiger partial charge in [0.1, 0.15) is 5.75 Å². The van der Waals surface area contributed by atoms with Gasteiger partial charge in [-0.05, 0) is 52.2 Å². The van der Waals surface area contributed by atoms with E-state index in [0.29, 0.717) is 0 Å². The lowest BCUT2D eigenvalue weighted by atomic mass is 10.1. The van der Waals surface area contributed by atoms with E-state index in [1.54, 1.807) is 0 Å². The minimum absolute atomic E-state index is 0. The molecule has 0 unspecified atom stereocenters. The van der Waals surface area contributed by atoms with E-state index in [1.807, 2.05) is 13.0 Å². The highest BCUT2D eigenvalue weighted by Gasteiger charge is 2.31. The average Bonchev–Trinajstić information content (AvgIpc) is 2.68. The number of rotatable bonds is 3. The van der Waals surface area contributed by atoms with Gasteiger partial charge >= 0.3 is 6.36 Å². The summed E-state index contributed by atoms with van der Waals surface area (Å²) in [5.74, 6) is -0.253. The summed E-state index contributed by atoms with van der Waals surface area (Å²) in [4.78, 5) is 0.943. The number of thiophene rings is 1. The zero-order chi connectivity index (χ0) is 14.9. The molecule has 0 bridgehead atoms. The molecule has 1 aromatic heterocycles. The molecule has 0 amide bonds. The second-order valence-electron chi connectivity index (χ2n) is 4.20. The molecule has 0 radical (unpaired) electrons. The van der Waals surface area contributed by atoms with Crippen LogP contribution < -0.4 is 10.5 Å². The zero-order valence-corrected chi connectivity index (χ0v) is 14.0. The Morgan fingerprint density at radius 3 is 2.24 bits per heavy atom. The van der Waals surface area contributed by atoms with Gasteiger partial charge in [-0.25, -0.2) is 0 Å². The molecule has 0 saturated heterocycles. The minimum Gasteiger partial charge on any atom is -0.406 e. The monoisotopic (exact) mass is 401 g/mol. The number of aryl methyl sites for hydroxylation is 1. The van der Waals surface area contributed by atoms with Gasteiger partial charge in [0, 0.05) is 4.88 Å². The molecule has 0 saturated carbocycles. The normalized spacial score (nSPS) is 12.7. The molecule has 0 aliphatic heterocycles. The molecule has 1 heterocycles. The van der Waals surface area contributed by atoms with Crippen molar-refractivity contribution in [2.75, 3.05) is 0 Å². The molecule has 21 heavy (non-hydrogen) atoms. The number of ether oxygens (including phenoxy) is 1. The van der Waals surface area contributed by atoms with E-state index in [9.17, 15) is 13.2 Å². The molecule has 2 rings (SSSR count). The number of alkyl halides is 3. The van der Waals surface area contributed by atoms with E-state index in [0.717, 1.165) is 19.8 Å². The highest BCUT2D eigenvalue weighted by Crippen LogP contribution is 2.33. The number of hydrogen-bond donors (Lipinski definition) is 1. The van der Waals surface area contributed by atoms with E-state index >= 15 is 0 Å². The maximum atomic E-state index is 12.1. The van der Waals surface area contributed by atoms with Crippen molar-refractivity contribution < 1.29 is 17.9 Å². The molecule has 8 heteroatoms. The Labute approximate surface area is 138 Å². The van der Waals surface area contributed by atoms with Crippen LogP contribution in [0.5, 0.6) is 5.75 Å². The Kier molecular flexibility index (Phi) is 6.10. The van der Waals surface area contributed by atoms with Crippen molar-refractivity contribution in [3.8, 4) is 5.75 Å². The molecule has 0 aliphatic rings. The van der Waals surface area contributed by atoms with Gasteiger partial charge in [-0.1, -0.05) is 12.1 Å². The third-order valence-electron chi connectivity index (χ3n) is 2.66. The molecular weight excluding hydrogens is 391 g/mol. The van der Waals surface area contributed by atoms with Gasteiger partial charge < -0.3 is 10.5 Å². The topological polar surface area (TPSA) is 35.2 Å². The summed E-state index contributed by atoms with van der Waals surface area (Å²) in [5.41, 5.74) is 7.91. The quantitative estimate of drug-likeness (QED) is 0.767. The zero-order valence-electron chi connectivity index (χ0n) is 10.8. The van der Waals surface area contributed by atoms with Crippen molar-refractivity contribution in [1.82, 2.24) is 0 Å². The first-order valence-electron chi connectivity index (χ1n) is 5.63. The maximum absolute atomic E-state index is 12.1. The molecule has 0 spiro atoms. The smallest absolute Gasteiger partial charge is 0.406 e. The molecule has 116 valence electrons. The van der Waals surface area contributed by atoms with Crippen molar-refractivity contribution >= 4 is 39.7 Å². The SMILES string of the molecule is Cc1cc([C@H](N)c2ccc(OC(F)(F)F)cc2)sc1Br.Cl. The molecular formula is C13H12BrClF3NOS. The summed E-state index contributed by atoms with van der Waals surface area (Å²) in [6.07, 6.45) is -4.68. The lowest BCUT2D eigenvalue weighted by Crippen LogP contribution is -2.17. The minimum atomic E-state index is -4.68. The van der Waals surface area contributed by atoms with Crippen molar-refractivity contribution in [2.45, 2.75) is 19.3 Å². The first-order valence-corrected chi connectivity index (χ1v) is 7.24. The fourth-order valence-electron chi connectivity index (χ4n) is 1.68. The van der Waals surface area contributed by atoms with Gasteiger partial charge in [-0.15, -0.1) is 36.9 Å². The van der Waals surface area contributed by atoms with Crippen molar-refractivity contribution in [1.29, 1.82) is 0 Å². The van der Waals surface area contributed by atoms with Crippen molar-refractivity contribution in [2.24, 2.45) is 5.73 Å². The van der Waals surface area contributed by atoms with Gasteiger partial charge in [0.05, 0.1) is 9.83 Å². The predicted octanol–water partition coefficient (Wildman–Crippen LogP) is 5.19. The summed E-state index contributed by atoms with van der Waals surface area (Å²) in [7, 11) is 0. The molecule has 2 aromatic rings. The average molecular weight is 403 g/mol. The first-order chi connectivity index (χ1) is 9.26. The second-order valence-corrected chi connectivity index (χ2v) is 6.60. The molecule has 2 nitrogen and oxygen atoms in total. The van der Waals surface area contributed by atoms with E-state index in [2.05, 4.69) is 20.7 Å². The Balaban J connectivity index is 0.00000220. The van der Waals surface area contributed by atoms with Crippen LogP contribution in [-0.2, 0) is 0 Å². The van der Waals surface area contributed by atoms with E-state index in [4.69, 9.17) is 5.73 Å². The number of benzene rings is 1. The molecule has 1 aromatic carbocycles. The Hall–Kier alpha value is -0.760. The Morgan fingerprint density at radius 1 is 1.24 bits per heavy atom. The molecule has 0 fully saturated rings. The van der Waals surface area contributed by atoms with Crippen LogP contribution in [0.3, 0.4) is 0 Å². The van der Waals surface area contributed by atoms with Crippen molar-refractivity contribution in [3.63, 3.8) is 0 Å². The van der Waals surface area contributed by atoms with Crippen LogP contribution in [-0.4, -0.2) is 6.36 Å². The Bertz CT molecular complexity index is 581. The van der Waals surface area contributed by atoms with Gasteiger partial charge in [0.15, 0.2) is 0 Å². The van der Waals surface area contributed by atoms with Gasteiger partial charge in [-0.2, -0.15) is 0 Å². The van der Waals surface area contributed by atoms with E-state index in [1.165, 1.54) is 35.6 Å². The number of hydrogen-bond acceptors (Lipinski definition) is 3. The van der Waals surface area contributed by atoms with Crippen LogP contribution in [0.2, 0.25) is 0 Å². The van der Waals surface area contributed by atoms with Gasteiger partial charge in [0.2, 0.25) is 0 Å². The summed E-state index contributed by atoms with van der Waals surface area (Å²) in [6, 6.07) is 7.18. The summed E-state index contributed by atoms with van der Waals surface area (Å²) < 4.78 is 41.0. The van der Waals surface area contributed by atoms with Crippen LogP contribution in [0.25, 0.3) is 0 Å². The number of halogens is 5. The first kappa shape index (κ1) is 18.3. The fourth-order valence-corrected chi connectivity index (χ4v) is 3.28. The number of nitrogens with two attached hydrogens (primary N) is 1. The summed E-state index contributed by atoms with van der Waals surface area (Å²) in [5, 5.41) is 0. The highest BCUT2D eigenvalue weighted by molar-refractivity contribution is 9.11. The molecule has 0 aliphatic carbocycles. The lowest BCUT2D eigenvalue weighted by Gasteiger charge is -2.12. The summed E-state index contributed by atoms with van der Waals surface area (Å²) in [6.45, 7) is 1.96. The second kappa shape index (κ2) is 7.00. The van der Waals surface area contributed by atoms with E-state index in [-0.39, 0.29) is 24.2 Å². The van der Waals surface area contributed by atoms with E-state index < -0.39 is 6.36 Å². The standard InChI is InChI=1S/C13H11BrF3NOS.ClH/c1-7-6-10(20-12(7)14)11(18)8-2-4-9(5-3-8)19-13(15,16)17;/h2-6,11H,18H2,1H3;1H/t11-;/m1./s1. The van der Waals surface area contributed by atoms with Crippen LogP contribution in [0.4, 0.5) is 13.2 Å². The molecule has 2 N–H and O–H groups in total. The fraction of sp³-hybridized carbons (Fsp3) is 0.231. The van der Waals surface area contributed by atoms with Crippen molar-refractivity contribution in [3.05, 3.63) is 50.1 Å². The van der Waals surface area contributed by atoms with Crippen LogP contribution >= 0.6 is 39.7 Å². The molecule has 1 atom stereocenters. The largest absolute Gasteiger partial charge is 0.573 e. The Morgan fingerprint density at radius 2 is 1.81 bits per heavy atom.